The lowest BCUT2D eigenvalue weighted by atomic mass is 9.98. The molecule has 0 radical (unpaired) electrons. The lowest BCUT2D eigenvalue weighted by Crippen LogP contribution is -2.22. The van der Waals surface area contributed by atoms with Gasteiger partial charge in [0.05, 0.1) is 12.6 Å². The van der Waals surface area contributed by atoms with Crippen molar-refractivity contribution in [2.24, 2.45) is 0 Å². The maximum absolute atomic E-state index is 5.83. The summed E-state index contributed by atoms with van der Waals surface area (Å²) in [7, 11) is 0. The summed E-state index contributed by atoms with van der Waals surface area (Å²) in [6.07, 6.45) is 0. The molecule has 0 spiro atoms. The van der Waals surface area contributed by atoms with E-state index in [1.807, 2.05) is 36.4 Å². The highest BCUT2D eigenvalue weighted by atomic mass is 16.4. The van der Waals surface area contributed by atoms with Gasteiger partial charge in [-0.15, -0.1) is 10.2 Å². The monoisotopic (exact) mass is 355 g/mol. The van der Waals surface area contributed by atoms with Gasteiger partial charge in [0.25, 0.3) is 0 Å². The molecule has 0 bridgehead atoms. The fourth-order valence-electron chi connectivity index (χ4n) is 3.04. The van der Waals surface area contributed by atoms with E-state index in [2.05, 4.69) is 71.0 Å². The first-order chi connectivity index (χ1) is 13.3. The van der Waals surface area contributed by atoms with Gasteiger partial charge >= 0.3 is 0 Å². The molecule has 4 rings (SSSR count). The summed E-state index contributed by atoms with van der Waals surface area (Å²) in [6.45, 7) is 2.59. The predicted octanol–water partition coefficient (Wildman–Crippen LogP) is 4.92. The van der Waals surface area contributed by atoms with Crippen LogP contribution >= 0.6 is 0 Å². The maximum atomic E-state index is 5.83. The lowest BCUT2D eigenvalue weighted by molar-refractivity contribution is 0.462. The number of aromatic nitrogens is 2. The molecule has 1 aromatic heterocycles. The van der Waals surface area contributed by atoms with Crippen LogP contribution < -0.4 is 5.32 Å². The third kappa shape index (κ3) is 4.13. The first kappa shape index (κ1) is 17.2. The molecular weight excluding hydrogens is 334 g/mol. The fraction of sp³-hybridized carbons (Fsp3) is 0.130. The van der Waals surface area contributed by atoms with Crippen LogP contribution in [0.5, 0.6) is 0 Å². The normalized spacial score (nSPS) is 12.0. The second-order valence-corrected chi connectivity index (χ2v) is 6.50. The minimum atomic E-state index is 0.0545. The lowest BCUT2D eigenvalue weighted by Gasteiger charge is -2.19. The summed E-state index contributed by atoms with van der Waals surface area (Å²) >= 11 is 0. The quantitative estimate of drug-likeness (QED) is 0.533. The molecule has 0 aliphatic heterocycles. The van der Waals surface area contributed by atoms with Crippen LogP contribution in [-0.2, 0) is 6.54 Å². The second-order valence-electron chi connectivity index (χ2n) is 6.50. The molecule has 0 saturated carbocycles. The Labute approximate surface area is 158 Å². The number of nitrogens with one attached hydrogen (secondary N) is 1. The highest BCUT2D eigenvalue weighted by Crippen LogP contribution is 2.23. The molecule has 0 saturated heterocycles. The number of aryl methyl sites for hydroxylation is 1. The molecule has 0 fully saturated rings. The molecule has 0 amide bonds. The molecule has 134 valence electrons. The Morgan fingerprint density at radius 1 is 0.778 bits per heavy atom. The highest BCUT2D eigenvalue weighted by Gasteiger charge is 2.15. The summed E-state index contributed by atoms with van der Waals surface area (Å²) in [5.74, 6) is 1.11. The first-order valence-corrected chi connectivity index (χ1v) is 9.02. The van der Waals surface area contributed by atoms with Crippen LogP contribution in [0.3, 0.4) is 0 Å². The number of rotatable bonds is 6. The second kappa shape index (κ2) is 7.98. The molecule has 0 unspecified atom stereocenters. The van der Waals surface area contributed by atoms with Crippen LogP contribution in [-0.4, -0.2) is 10.2 Å². The number of hydrogen-bond acceptors (Lipinski definition) is 4. The van der Waals surface area contributed by atoms with Crippen molar-refractivity contribution in [3.8, 4) is 11.5 Å². The molecule has 1 heterocycles. The number of benzene rings is 3. The predicted molar refractivity (Wildman–Crippen MR) is 106 cm³/mol. The molecule has 0 aliphatic rings. The fourth-order valence-corrected chi connectivity index (χ4v) is 3.04. The summed E-state index contributed by atoms with van der Waals surface area (Å²) < 4.78 is 5.83. The van der Waals surface area contributed by atoms with Crippen LogP contribution in [0, 0.1) is 6.92 Å². The summed E-state index contributed by atoms with van der Waals surface area (Å²) in [5, 5.41) is 11.9. The van der Waals surface area contributed by atoms with Crippen LogP contribution in [0.1, 0.15) is 28.6 Å². The molecule has 27 heavy (non-hydrogen) atoms. The molecule has 3 aromatic carbocycles. The van der Waals surface area contributed by atoms with E-state index < -0.39 is 0 Å². The molecule has 4 aromatic rings. The van der Waals surface area contributed by atoms with E-state index >= 15 is 0 Å². The largest absolute Gasteiger partial charge is 0.419 e. The Morgan fingerprint density at radius 3 is 2.11 bits per heavy atom. The molecular formula is C23H21N3O. The zero-order valence-corrected chi connectivity index (χ0v) is 15.2. The van der Waals surface area contributed by atoms with Crippen molar-refractivity contribution < 1.29 is 4.42 Å². The van der Waals surface area contributed by atoms with Crippen molar-refractivity contribution in [1.82, 2.24) is 15.5 Å². The number of hydrogen-bond donors (Lipinski definition) is 1. The van der Waals surface area contributed by atoms with Crippen LogP contribution in [0.2, 0.25) is 0 Å². The Hall–Kier alpha value is -3.24. The van der Waals surface area contributed by atoms with E-state index in [4.69, 9.17) is 4.42 Å². The van der Waals surface area contributed by atoms with E-state index in [1.165, 1.54) is 16.7 Å². The average molecular weight is 355 g/mol. The van der Waals surface area contributed by atoms with E-state index in [1.54, 1.807) is 0 Å². The van der Waals surface area contributed by atoms with E-state index in [0.29, 0.717) is 18.3 Å². The highest BCUT2D eigenvalue weighted by molar-refractivity contribution is 5.51. The van der Waals surface area contributed by atoms with Gasteiger partial charge in [-0.2, -0.15) is 0 Å². The van der Waals surface area contributed by atoms with Gasteiger partial charge in [-0.1, -0.05) is 78.4 Å². The van der Waals surface area contributed by atoms with Gasteiger partial charge in [0.2, 0.25) is 11.8 Å². The van der Waals surface area contributed by atoms with E-state index in [-0.39, 0.29) is 6.04 Å². The first-order valence-electron chi connectivity index (χ1n) is 9.02. The van der Waals surface area contributed by atoms with Gasteiger partial charge in [0.15, 0.2) is 0 Å². The van der Waals surface area contributed by atoms with Gasteiger partial charge in [0, 0.05) is 5.56 Å². The maximum Gasteiger partial charge on any atom is 0.247 e. The SMILES string of the molecule is Cc1ccc([C@H](NCc2nnc(-c3ccccc3)o2)c2ccccc2)cc1. The molecule has 4 heteroatoms. The van der Waals surface area contributed by atoms with Crippen molar-refractivity contribution in [1.29, 1.82) is 0 Å². The van der Waals surface area contributed by atoms with Crippen molar-refractivity contribution >= 4 is 0 Å². The third-order valence-electron chi connectivity index (χ3n) is 4.49. The van der Waals surface area contributed by atoms with Crippen LogP contribution in [0.15, 0.2) is 89.3 Å². The van der Waals surface area contributed by atoms with Crippen molar-refractivity contribution in [2.75, 3.05) is 0 Å². The molecule has 1 N–H and O–H groups in total. The third-order valence-corrected chi connectivity index (χ3v) is 4.49. The van der Waals surface area contributed by atoms with Crippen molar-refractivity contribution in [2.45, 2.75) is 19.5 Å². The minimum absolute atomic E-state index is 0.0545. The van der Waals surface area contributed by atoms with Crippen molar-refractivity contribution in [3.05, 3.63) is 108 Å². The van der Waals surface area contributed by atoms with Gasteiger partial charge in [-0.25, -0.2) is 0 Å². The molecule has 0 aliphatic carbocycles. The zero-order chi connectivity index (χ0) is 18.5. The minimum Gasteiger partial charge on any atom is -0.419 e. The topological polar surface area (TPSA) is 51.0 Å². The van der Waals surface area contributed by atoms with Gasteiger partial charge < -0.3 is 4.42 Å². The Bertz CT molecular complexity index is 979. The van der Waals surface area contributed by atoms with Crippen LogP contribution in [0.4, 0.5) is 0 Å². The van der Waals surface area contributed by atoms with Gasteiger partial charge in [-0.05, 0) is 30.2 Å². The van der Waals surface area contributed by atoms with E-state index in [9.17, 15) is 0 Å². The van der Waals surface area contributed by atoms with E-state index in [0.717, 1.165) is 5.56 Å². The summed E-state index contributed by atoms with van der Waals surface area (Å²) in [4.78, 5) is 0. The van der Waals surface area contributed by atoms with Gasteiger partial charge in [0.1, 0.15) is 0 Å². The Morgan fingerprint density at radius 2 is 1.41 bits per heavy atom. The van der Waals surface area contributed by atoms with Crippen LogP contribution in [0.25, 0.3) is 11.5 Å². The number of nitrogens with zero attached hydrogens (tertiary/aromatic N) is 2. The standard InChI is InChI=1S/C23H21N3O/c1-17-12-14-19(15-13-17)22(18-8-4-2-5-9-18)24-16-21-25-26-23(27-21)20-10-6-3-7-11-20/h2-15,22,24H,16H2,1H3/t22-/m1/s1. The Kier molecular flexibility index (Phi) is 5.08. The Balaban J connectivity index is 1.54. The molecule has 1 atom stereocenters. The smallest absolute Gasteiger partial charge is 0.247 e. The zero-order valence-electron chi connectivity index (χ0n) is 15.2. The van der Waals surface area contributed by atoms with Crippen molar-refractivity contribution in [3.63, 3.8) is 0 Å². The summed E-state index contributed by atoms with van der Waals surface area (Å²) in [6, 6.07) is 28.8. The average Bonchev–Trinajstić information content (AvgIpc) is 3.20. The summed E-state index contributed by atoms with van der Waals surface area (Å²) in [5.41, 5.74) is 4.57. The van der Waals surface area contributed by atoms with Gasteiger partial charge in [-0.3, -0.25) is 5.32 Å². The molecule has 4 nitrogen and oxygen atoms in total.